The Kier molecular flexibility index (Phi) is 2.66. The number of aromatic nitrogens is 4. The zero-order valence-electron chi connectivity index (χ0n) is 8.65. The Labute approximate surface area is 78.3 Å². The van der Waals surface area contributed by atoms with Crippen LogP contribution in [0.1, 0.15) is 26.6 Å². The zero-order chi connectivity index (χ0) is 10.1. The van der Waals surface area contributed by atoms with Gasteiger partial charge >= 0.3 is 0 Å². The minimum absolute atomic E-state index is 0.261. The Hall–Kier alpha value is -0.970. The van der Waals surface area contributed by atoms with Gasteiger partial charge in [0, 0.05) is 12.0 Å². The van der Waals surface area contributed by atoms with Gasteiger partial charge in [0.2, 0.25) is 0 Å². The predicted molar refractivity (Wildman–Crippen MR) is 49.9 cm³/mol. The van der Waals surface area contributed by atoms with Crippen molar-refractivity contribution in [3.63, 3.8) is 0 Å². The molecule has 1 unspecified atom stereocenters. The van der Waals surface area contributed by atoms with Gasteiger partial charge in [-0.2, -0.15) is 4.80 Å². The fraction of sp³-hybridized carbons (Fsp3) is 0.875. The maximum atomic E-state index is 6.08. The monoisotopic (exact) mass is 183 g/mol. The topological polar surface area (TPSA) is 69.6 Å². The summed E-state index contributed by atoms with van der Waals surface area (Å²) in [4.78, 5) is 1.45. The van der Waals surface area contributed by atoms with E-state index in [-0.39, 0.29) is 5.54 Å². The smallest absolute Gasteiger partial charge is 0.176 e. The van der Waals surface area contributed by atoms with E-state index in [0.717, 1.165) is 0 Å². The lowest BCUT2D eigenvalue weighted by molar-refractivity contribution is 0.331. The summed E-state index contributed by atoms with van der Waals surface area (Å²) in [6, 6.07) is 0. The van der Waals surface area contributed by atoms with Crippen molar-refractivity contribution < 1.29 is 0 Å². The highest BCUT2D eigenvalue weighted by Gasteiger charge is 2.25. The van der Waals surface area contributed by atoms with Crippen LogP contribution in [-0.2, 0) is 13.5 Å². The molecule has 1 aromatic rings. The Morgan fingerprint density at radius 1 is 1.54 bits per heavy atom. The summed E-state index contributed by atoms with van der Waals surface area (Å²) in [7, 11) is 1.75. The summed E-state index contributed by atoms with van der Waals surface area (Å²) in [6.45, 7) is 6.20. The molecule has 0 saturated heterocycles. The summed E-state index contributed by atoms with van der Waals surface area (Å²) >= 11 is 0. The van der Waals surface area contributed by atoms with Crippen molar-refractivity contribution >= 4 is 0 Å². The Morgan fingerprint density at radius 2 is 2.15 bits per heavy atom. The molecule has 0 amide bonds. The van der Waals surface area contributed by atoms with Crippen LogP contribution in [0.25, 0.3) is 0 Å². The third kappa shape index (κ3) is 2.48. The zero-order valence-corrected chi connectivity index (χ0v) is 8.65. The van der Waals surface area contributed by atoms with E-state index in [2.05, 4.69) is 29.3 Å². The average Bonchev–Trinajstić information content (AvgIpc) is 2.34. The van der Waals surface area contributed by atoms with Crippen molar-refractivity contribution in [1.82, 2.24) is 20.2 Å². The van der Waals surface area contributed by atoms with Gasteiger partial charge in [-0.05, 0) is 18.1 Å². The molecule has 0 aromatic carbocycles. The first-order valence-electron chi connectivity index (χ1n) is 4.43. The highest BCUT2D eigenvalue weighted by Crippen LogP contribution is 2.16. The van der Waals surface area contributed by atoms with Crippen molar-refractivity contribution in [2.45, 2.75) is 32.7 Å². The van der Waals surface area contributed by atoms with Gasteiger partial charge in [0.15, 0.2) is 5.82 Å². The molecule has 0 radical (unpaired) electrons. The second-order valence-electron chi connectivity index (χ2n) is 4.03. The predicted octanol–water partition coefficient (Wildman–Crippen LogP) is 0.126. The number of hydrogen-bond acceptors (Lipinski definition) is 4. The van der Waals surface area contributed by atoms with E-state index in [4.69, 9.17) is 5.73 Å². The molecule has 0 bridgehead atoms. The van der Waals surface area contributed by atoms with Crippen molar-refractivity contribution in [2.24, 2.45) is 18.7 Å². The lowest BCUT2D eigenvalue weighted by Crippen LogP contribution is -2.44. The largest absolute Gasteiger partial charge is 0.325 e. The van der Waals surface area contributed by atoms with Gasteiger partial charge in [-0.25, -0.2) is 0 Å². The van der Waals surface area contributed by atoms with E-state index in [0.29, 0.717) is 18.2 Å². The molecule has 74 valence electrons. The molecule has 1 aromatic heterocycles. The van der Waals surface area contributed by atoms with Gasteiger partial charge in [0.1, 0.15) is 0 Å². The maximum Gasteiger partial charge on any atom is 0.176 e. The second-order valence-corrected chi connectivity index (χ2v) is 4.03. The maximum absolute atomic E-state index is 6.08. The molecule has 1 atom stereocenters. The number of rotatable bonds is 3. The van der Waals surface area contributed by atoms with Gasteiger partial charge in [-0.3, -0.25) is 0 Å². The van der Waals surface area contributed by atoms with Crippen molar-refractivity contribution in [1.29, 1.82) is 0 Å². The van der Waals surface area contributed by atoms with Crippen LogP contribution in [0.4, 0.5) is 0 Å². The molecule has 5 heteroatoms. The molecular formula is C8H17N5. The van der Waals surface area contributed by atoms with E-state index >= 15 is 0 Å². The average molecular weight is 183 g/mol. The van der Waals surface area contributed by atoms with Crippen LogP contribution >= 0.6 is 0 Å². The first kappa shape index (κ1) is 10.1. The van der Waals surface area contributed by atoms with Crippen molar-refractivity contribution in [3.05, 3.63) is 5.82 Å². The summed E-state index contributed by atoms with van der Waals surface area (Å²) < 4.78 is 0. The van der Waals surface area contributed by atoms with Crippen LogP contribution in [0, 0.1) is 5.92 Å². The minimum atomic E-state index is -0.261. The van der Waals surface area contributed by atoms with E-state index < -0.39 is 0 Å². The van der Waals surface area contributed by atoms with E-state index in [1.807, 2.05) is 6.92 Å². The van der Waals surface area contributed by atoms with Gasteiger partial charge in [0.25, 0.3) is 0 Å². The molecular weight excluding hydrogens is 166 g/mol. The molecule has 1 heterocycles. The van der Waals surface area contributed by atoms with Gasteiger partial charge in [0.05, 0.1) is 7.05 Å². The number of aryl methyl sites for hydroxylation is 1. The highest BCUT2D eigenvalue weighted by atomic mass is 15.6. The summed E-state index contributed by atoms with van der Waals surface area (Å²) in [5.74, 6) is 1.11. The van der Waals surface area contributed by atoms with E-state index in [1.165, 1.54) is 4.80 Å². The number of tetrazole rings is 1. The molecule has 0 fully saturated rings. The summed E-state index contributed by atoms with van der Waals surface area (Å²) in [6.07, 6.45) is 0.665. The Morgan fingerprint density at radius 3 is 2.54 bits per heavy atom. The quantitative estimate of drug-likeness (QED) is 0.723. The third-order valence-corrected chi connectivity index (χ3v) is 2.41. The standard InChI is InChI=1S/C8H17N5/c1-6(2)8(3,9)5-7-10-12-13(4)11-7/h6H,5,9H2,1-4H3. The summed E-state index contributed by atoms with van der Waals surface area (Å²) in [5.41, 5.74) is 5.82. The molecule has 0 aliphatic rings. The first-order chi connectivity index (χ1) is 5.92. The molecule has 0 aliphatic carbocycles. The normalized spacial score (nSPS) is 16.2. The first-order valence-corrected chi connectivity index (χ1v) is 4.43. The molecule has 1 rings (SSSR count). The number of hydrogen-bond donors (Lipinski definition) is 1. The van der Waals surface area contributed by atoms with Crippen molar-refractivity contribution in [3.8, 4) is 0 Å². The van der Waals surface area contributed by atoms with E-state index in [1.54, 1.807) is 7.05 Å². The Bertz CT molecular complexity index is 276. The van der Waals surface area contributed by atoms with Crippen molar-refractivity contribution in [2.75, 3.05) is 0 Å². The van der Waals surface area contributed by atoms with Crippen LogP contribution in [0.3, 0.4) is 0 Å². The fourth-order valence-electron chi connectivity index (χ4n) is 0.939. The molecule has 0 saturated carbocycles. The fourth-order valence-corrected chi connectivity index (χ4v) is 0.939. The third-order valence-electron chi connectivity index (χ3n) is 2.41. The van der Waals surface area contributed by atoms with Gasteiger partial charge in [-0.15, -0.1) is 10.2 Å². The molecule has 2 N–H and O–H groups in total. The number of nitrogens with zero attached hydrogens (tertiary/aromatic N) is 4. The van der Waals surface area contributed by atoms with Gasteiger partial charge < -0.3 is 5.73 Å². The Balaban J connectivity index is 2.68. The number of nitrogens with two attached hydrogens (primary N) is 1. The van der Waals surface area contributed by atoms with Crippen LogP contribution in [0.2, 0.25) is 0 Å². The lowest BCUT2D eigenvalue weighted by Gasteiger charge is -2.27. The molecule has 5 nitrogen and oxygen atoms in total. The molecule has 13 heavy (non-hydrogen) atoms. The summed E-state index contributed by atoms with van der Waals surface area (Å²) in [5, 5.41) is 11.8. The highest BCUT2D eigenvalue weighted by molar-refractivity contribution is 4.93. The van der Waals surface area contributed by atoms with E-state index in [9.17, 15) is 0 Å². The van der Waals surface area contributed by atoms with Crippen LogP contribution in [0.15, 0.2) is 0 Å². The van der Waals surface area contributed by atoms with Crippen LogP contribution < -0.4 is 5.73 Å². The molecule has 0 aliphatic heterocycles. The minimum Gasteiger partial charge on any atom is -0.325 e. The van der Waals surface area contributed by atoms with Crippen LogP contribution in [0.5, 0.6) is 0 Å². The van der Waals surface area contributed by atoms with Gasteiger partial charge in [-0.1, -0.05) is 13.8 Å². The molecule has 0 spiro atoms. The second kappa shape index (κ2) is 3.41. The lowest BCUT2D eigenvalue weighted by atomic mass is 9.86. The SMILES string of the molecule is CC(C)C(C)(N)Cc1nnn(C)n1. The van der Waals surface area contributed by atoms with Crippen LogP contribution in [-0.4, -0.2) is 25.7 Å².